The maximum atomic E-state index is 12.8. The molecule has 5 nitrogen and oxygen atoms in total. The predicted octanol–water partition coefficient (Wildman–Crippen LogP) is 3.43. The first-order valence-electron chi connectivity index (χ1n) is 10.4. The SMILES string of the molecule is CC[C@]12CCCN3CC[C@@]4(c5ccc(OC)c(O)c5N(C(C)=O)[C@H]4CC1)[C@@H]32. The Kier molecular flexibility index (Phi) is 3.62. The summed E-state index contributed by atoms with van der Waals surface area (Å²) in [5.41, 5.74) is 2.17. The summed E-state index contributed by atoms with van der Waals surface area (Å²) in [6.07, 6.45) is 7.03. The number of carbonyl (C=O) groups is 1. The van der Waals surface area contributed by atoms with E-state index >= 15 is 0 Å². The maximum Gasteiger partial charge on any atom is 0.224 e. The molecule has 1 N–H and O–H groups in total. The van der Waals surface area contributed by atoms with Crippen molar-refractivity contribution in [3.05, 3.63) is 17.7 Å². The van der Waals surface area contributed by atoms with E-state index in [0.29, 0.717) is 22.9 Å². The molecule has 146 valence electrons. The van der Waals surface area contributed by atoms with Crippen LogP contribution in [0.3, 0.4) is 0 Å². The van der Waals surface area contributed by atoms with Gasteiger partial charge in [0.05, 0.1) is 12.8 Å². The van der Waals surface area contributed by atoms with E-state index in [4.69, 9.17) is 4.74 Å². The Morgan fingerprint density at radius 3 is 2.81 bits per heavy atom. The smallest absolute Gasteiger partial charge is 0.224 e. The minimum Gasteiger partial charge on any atom is -0.503 e. The zero-order valence-electron chi connectivity index (χ0n) is 16.6. The van der Waals surface area contributed by atoms with Crippen LogP contribution in [0.25, 0.3) is 0 Å². The number of phenolic OH excluding ortho intramolecular Hbond substituents is 1. The fourth-order valence-electron chi connectivity index (χ4n) is 7.40. The van der Waals surface area contributed by atoms with E-state index in [-0.39, 0.29) is 23.1 Å². The van der Waals surface area contributed by atoms with Crippen LogP contribution < -0.4 is 9.64 Å². The van der Waals surface area contributed by atoms with Gasteiger partial charge in [0.1, 0.15) is 0 Å². The van der Waals surface area contributed by atoms with Crippen molar-refractivity contribution in [3.63, 3.8) is 0 Å². The van der Waals surface area contributed by atoms with Gasteiger partial charge >= 0.3 is 0 Å². The van der Waals surface area contributed by atoms with Gasteiger partial charge in [-0.2, -0.15) is 0 Å². The molecule has 1 aromatic rings. The monoisotopic (exact) mass is 370 g/mol. The first-order valence-corrected chi connectivity index (χ1v) is 10.4. The fourth-order valence-corrected chi connectivity index (χ4v) is 7.40. The largest absolute Gasteiger partial charge is 0.503 e. The van der Waals surface area contributed by atoms with Gasteiger partial charge in [-0.1, -0.05) is 13.0 Å². The Balaban J connectivity index is 1.77. The van der Waals surface area contributed by atoms with E-state index in [2.05, 4.69) is 17.9 Å². The highest BCUT2D eigenvalue weighted by Gasteiger charge is 2.68. The van der Waals surface area contributed by atoms with Crippen LogP contribution in [0.4, 0.5) is 5.69 Å². The lowest BCUT2D eigenvalue weighted by Crippen LogP contribution is -2.65. The summed E-state index contributed by atoms with van der Waals surface area (Å²) in [5.74, 6) is 0.612. The molecule has 2 saturated heterocycles. The van der Waals surface area contributed by atoms with E-state index in [0.717, 1.165) is 19.4 Å². The van der Waals surface area contributed by atoms with Gasteiger partial charge in [0.15, 0.2) is 11.5 Å². The van der Waals surface area contributed by atoms with Gasteiger partial charge in [-0.3, -0.25) is 9.69 Å². The summed E-state index contributed by atoms with van der Waals surface area (Å²) in [5, 5.41) is 11.0. The van der Waals surface area contributed by atoms with Crippen molar-refractivity contribution in [1.29, 1.82) is 0 Å². The maximum absolute atomic E-state index is 12.8. The summed E-state index contributed by atoms with van der Waals surface area (Å²) < 4.78 is 5.38. The number of nitrogens with zero attached hydrogens (tertiary/aromatic N) is 2. The van der Waals surface area contributed by atoms with Crippen LogP contribution in [0.1, 0.15) is 57.9 Å². The van der Waals surface area contributed by atoms with Crippen LogP contribution in [-0.2, 0) is 10.2 Å². The Labute approximate surface area is 161 Å². The number of piperidine rings is 1. The molecule has 0 bridgehead atoms. The van der Waals surface area contributed by atoms with Gasteiger partial charge in [-0.25, -0.2) is 0 Å². The van der Waals surface area contributed by atoms with Gasteiger partial charge in [-0.05, 0) is 68.7 Å². The number of methoxy groups -OCH3 is 1. The first-order chi connectivity index (χ1) is 13.0. The van der Waals surface area contributed by atoms with Crippen molar-refractivity contribution in [1.82, 2.24) is 4.90 Å². The molecule has 0 aromatic heterocycles. The second-order valence-electron chi connectivity index (χ2n) is 9.00. The topological polar surface area (TPSA) is 53.0 Å². The summed E-state index contributed by atoms with van der Waals surface area (Å²) >= 11 is 0. The molecule has 3 fully saturated rings. The molecule has 1 saturated carbocycles. The lowest BCUT2D eigenvalue weighted by Gasteiger charge is -2.58. The van der Waals surface area contributed by atoms with Crippen molar-refractivity contribution >= 4 is 11.6 Å². The number of carbonyl (C=O) groups excluding carboxylic acids is 1. The Bertz CT molecular complexity index is 809. The molecular formula is C22H30N2O3. The van der Waals surface area contributed by atoms with E-state index in [1.807, 2.05) is 11.0 Å². The highest BCUT2D eigenvalue weighted by Crippen LogP contribution is 2.67. The molecule has 4 aliphatic rings. The third kappa shape index (κ3) is 1.91. The molecule has 0 radical (unpaired) electrons. The van der Waals surface area contributed by atoms with Gasteiger partial charge in [0.25, 0.3) is 0 Å². The van der Waals surface area contributed by atoms with Crippen LogP contribution >= 0.6 is 0 Å². The van der Waals surface area contributed by atoms with Crippen LogP contribution in [-0.4, -0.2) is 48.2 Å². The molecule has 3 aliphatic heterocycles. The van der Waals surface area contributed by atoms with Crippen LogP contribution in [0.5, 0.6) is 11.5 Å². The van der Waals surface area contributed by atoms with Crippen molar-refractivity contribution in [2.75, 3.05) is 25.1 Å². The normalized spacial score (nSPS) is 36.9. The average molecular weight is 370 g/mol. The number of fused-ring (bicyclic) bond motifs is 1. The summed E-state index contributed by atoms with van der Waals surface area (Å²) in [4.78, 5) is 17.4. The summed E-state index contributed by atoms with van der Waals surface area (Å²) in [6.45, 7) is 6.25. The third-order valence-electron chi connectivity index (χ3n) is 8.31. The lowest BCUT2D eigenvalue weighted by molar-refractivity contribution is -0.118. The number of hydrogen-bond acceptors (Lipinski definition) is 4. The predicted molar refractivity (Wildman–Crippen MR) is 104 cm³/mol. The number of phenols is 1. The third-order valence-corrected chi connectivity index (χ3v) is 8.31. The lowest BCUT2D eigenvalue weighted by atomic mass is 9.52. The molecule has 27 heavy (non-hydrogen) atoms. The quantitative estimate of drug-likeness (QED) is 0.867. The Morgan fingerprint density at radius 1 is 1.30 bits per heavy atom. The number of amides is 1. The summed E-state index contributed by atoms with van der Waals surface area (Å²) in [7, 11) is 1.57. The molecule has 1 aliphatic carbocycles. The van der Waals surface area contributed by atoms with Gasteiger partial charge in [0.2, 0.25) is 5.91 Å². The molecule has 4 atom stereocenters. The number of ether oxygens (including phenoxy) is 1. The minimum atomic E-state index is -0.0561. The summed E-state index contributed by atoms with van der Waals surface area (Å²) in [6, 6.07) is 4.64. The second kappa shape index (κ2) is 5.63. The van der Waals surface area contributed by atoms with E-state index in [9.17, 15) is 9.90 Å². The van der Waals surface area contributed by atoms with E-state index < -0.39 is 0 Å². The zero-order valence-corrected chi connectivity index (χ0v) is 16.6. The van der Waals surface area contributed by atoms with Crippen LogP contribution in [0.2, 0.25) is 0 Å². The van der Waals surface area contributed by atoms with E-state index in [1.54, 1.807) is 14.0 Å². The second-order valence-corrected chi connectivity index (χ2v) is 9.00. The van der Waals surface area contributed by atoms with Crippen molar-refractivity contribution in [3.8, 4) is 11.5 Å². The molecule has 1 aromatic carbocycles. The highest BCUT2D eigenvalue weighted by molar-refractivity contribution is 5.98. The standard InChI is InChI=1S/C22H30N2O3/c1-4-21-9-5-12-23-13-11-22(20(21)23)15-6-7-16(27-3)19(26)18(15)24(14(2)25)17(22)8-10-21/h6-7,17,20,26H,4-5,8-13H2,1-3H3/t17-,20-,21-,22-/m0/s1. The Morgan fingerprint density at radius 2 is 2.11 bits per heavy atom. The molecule has 5 heteroatoms. The van der Waals surface area contributed by atoms with Crippen molar-refractivity contribution in [2.45, 2.75) is 69.9 Å². The fraction of sp³-hybridized carbons (Fsp3) is 0.682. The molecule has 5 rings (SSSR count). The van der Waals surface area contributed by atoms with Gasteiger partial charge in [-0.15, -0.1) is 0 Å². The molecule has 3 heterocycles. The number of rotatable bonds is 2. The number of benzene rings is 1. The number of hydrogen-bond donors (Lipinski definition) is 1. The average Bonchev–Trinajstić information content (AvgIpc) is 3.20. The zero-order chi connectivity index (χ0) is 19.0. The van der Waals surface area contributed by atoms with Crippen LogP contribution in [0, 0.1) is 5.41 Å². The van der Waals surface area contributed by atoms with Gasteiger partial charge in [0, 0.05) is 24.4 Å². The van der Waals surface area contributed by atoms with Crippen molar-refractivity contribution < 1.29 is 14.6 Å². The highest BCUT2D eigenvalue weighted by atomic mass is 16.5. The van der Waals surface area contributed by atoms with E-state index in [1.165, 1.54) is 37.8 Å². The number of anilines is 1. The van der Waals surface area contributed by atoms with Crippen LogP contribution in [0.15, 0.2) is 12.1 Å². The first kappa shape index (κ1) is 17.4. The molecule has 0 unspecified atom stereocenters. The molecule has 1 spiro atoms. The minimum absolute atomic E-state index is 0.0277. The Hall–Kier alpha value is -1.75. The number of aromatic hydroxyl groups is 1. The van der Waals surface area contributed by atoms with Crippen molar-refractivity contribution in [2.24, 2.45) is 5.41 Å². The van der Waals surface area contributed by atoms with Gasteiger partial charge < -0.3 is 14.7 Å². The molecular weight excluding hydrogens is 340 g/mol. The molecule has 1 amide bonds.